The molecule has 0 spiro atoms. The van der Waals surface area contributed by atoms with Crippen LogP contribution in [0.5, 0.6) is 5.75 Å². The van der Waals surface area contributed by atoms with E-state index in [0.29, 0.717) is 16.9 Å². The van der Waals surface area contributed by atoms with E-state index in [1.165, 1.54) is 6.07 Å². The number of benzene rings is 2. The van der Waals surface area contributed by atoms with Crippen LogP contribution in [0.25, 0.3) is 0 Å². The minimum absolute atomic E-state index is 0.124. The van der Waals surface area contributed by atoms with Crippen molar-refractivity contribution >= 4 is 33.1 Å². The fourth-order valence-electron chi connectivity index (χ4n) is 1.59. The Balaban J connectivity index is 2.22. The standard InChI is InChI=1S/C14H11BrFNOS/c15-10-5-6-11(14(17)19)13(7-10)18-8-9-3-1-2-4-12(9)16/h1-7H,8H2,(H2,17,19). The van der Waals surface area contributed by atoms with Gasteiger partial charge < -0.3 is 10.5 Å². The molecule has 0 atom stereocenters. The molecule has 0 aliphatic carbocycles. The molecule has 0 aromatic heterocycles. The van der Waals surface area contributed by atoms with Gasteiger partial charge in [-0.15, -0.1) is 0 Å². The lowest BCUT2D eigenvalue weighted by atomic mass is 10.2. The third-order valence-electron chi connectivity index (χ3n) is 2.55. The van der Waals surface area contributed by atoms with Gasteiger partial charge in [0.1, 0.15) is 23.2 Å². The van der Waals surface area contributed by atoms with E-state index < -0.39 is 0 Å². The van der Waals surface area contributed by atoms with Crippen LogP contribution in [-0.4, -0.2) is 4.99 Å². The quantitative estimate of drug-likeness (QED) is 0.860. The first-order valence-corrected chi connectivity index (χ1v) is 6.73. The largest absolute Gasteiger partial charge is 0.488 e. The molecule has 0 unspecified atom stereocenters. The van der Waals surface area contributed by atoms with Crippen molar-refractivity contribution in [3.8, 4) is 5.75 Å². The average molecular weight is 340 g/mol. The van der Waals surface area contributed by atoms with Crippen molar-refractivity contribution in [2.75, 3.05) is 0 Å². The molecule has 2 N–H and O–H groups in total. The average Bonchev–Trinajstić information content (AvgIpc) is 2.37. The summed E-state index contributed by atoms with van der Waals surface area (Å²) < 4.78 is 19.9. The van der Waals surface area contributed by atoms with Crippen LogP contribution in [0.15, 0.2) is 46.9 Å². The van der Waals surface area contributed by atoms with E-state index in [2.05, 4.69) is 15.9 Å². The first-order valence-electron chi connectivity index (χ1n) is 5.53. The Kier molecular flexibility index (Phi) is 4.50. The summed E-state index contributed by atoms with van der Waals surface area (Å²) in [6.07, 6.45) is 0. The van der Waals surface area contributed by atoms with Gasteiger partial charge in [-0.25, -0.2) is 4.39 Å². The fourth-order valence-corrected chi connectivity index (χ4v) is 2.10. The summed E-state index contributed by atoms with van der Waals surface area (Å²) in [6.45, 7) is 0.124. The molecule has 98 valence electrons. The number of thiocarbonyl (C=S) groups is 1. The molecular formula is C14H11BrFNOS. The van der Waals surface area contributed by atoms with Gasteiger partial charge in [-0.1, -0.05) is 46.3 Å². The predicted molar refractivity (Wildman–Crippen MR) is 80.8 cm³/mol. The maximum absolute atomic E-state index is 13.5. The summed E-state index contributed by atoms with van der Waals surface area (Å²) in [7, 11) is 0. The van der Waals surface area contributed by atoms with Crippen molar-refractivity contribution in [1.29, 1.82) is 0 Å². The molecular weight excluding hydrogens is 329 g/mol. The van der Waals surface area contributed by atoms with Crippen LogP contribution in [0.2, 0.25) is 0 Å². The van der Waals surface area contributed by atoms with Crippen LogP contribution in [0.4, 0.5) is 4.39 Å². The van der Waals surface area contributed by atoms with E-state index in [4.69, 9.17) is 22.7 Å². The molecule has 2 nitrogen and oxygen atoms in total. The van der Waals surface area contributed by atoms with Gasteiger partial charge in [-0.2, -0.15) is 0 Å². The number of nitrogens with two attached hydrogens (primary N) is 1. The third kappa shape index (κ3) is 3.52. The van der Waals surface area contributed by atoms with Crippen LogP contribution in [0.3, 0.4) is 0 Å². The van der Waals surface area contributed by atoms with Crippen molar-refractivity contribution < 1.29 is 9.13 Å². The van der Waals surface area contributed by atoms with Crippen LogP contribution in [0, 0.1) is 5.82 Å². The minimum Gasteiger partial charge on any atom is -0.488 e. The Morgan fingerprint density at radius 3 is 2.68 bits per heavy atom. The summed E-state index contributed by atoms with van der Waals surface area (Å²) in [4.78, 5) is 0.246. The van der Waals surface area contributed by atoms with E-state index >= 15 is 0 Å². The van der Waals surface area contributed by atoms with Crippen molar-refractivity contribution in [2.45, 2.75) is 6.61 Å². The highest BCUT2D eigenvalue weighted by Crippen LogP contribution is 2.25. The molecule has 0 amide bonds. The monoisotopic (exact) mass is 339 g/mol. The first kappa shape index (κ1) is 14.0. The molecule has 0 saturated heterocycles. The Labute approximate surface area is 124 Å². The molecule has 5 heteroatoms. The number of halogens is 2. The zero-order valence-electron chi connectivity index (χ0n) is 9.90. The van der Waals surface area contributed by atoms with Crippen LogP contribution in [0.1, 0.15) is 11.1 Å². The van der Waals surface area contributed by atoms with Gasteiger partial charge in [0.05, 0.1) is 5.56 Å². The lowest BCUT2D eigenvalue weighted by Gasteiger charge is -2.11. The molecule has 0 fully saturated rings. The van der Waals surface area contributed by atoms with Crippen LogP contribution < -0.4 is 10.5 Å². The summed E-state index contributed by atoms with van der Waals surface area (Å²) in [5.74, 6) is 0.236. The third-order valence-corrected chi connectivity index (χ3v) is 3.26. The minimum atomic E-state index is -0.297. The number of hydrogen-bond acceptors (Lipinski definition) is 2. The molecule has 0 bridgehead atoms. The van der Waals surface area contributed by atoms with Crippen molar-refractivity contribution in [1.82, 2.24) is 0 Å². The van der Waals surface area contributed by atoms with Crippen LogP contribution in [-0.2, 0) is 6.61 Å². The molecule has 0 aliphatic rings. The van der Waals surface area contributed by atoms with E-state index in [-0.39, 0.29) is 17.4 Å². The summed E-state index contributed by atoms with van der Waals surface area (Å²) in [5.41, 5.74) is 6.74. The first-order chi connectivity index (χ1) is 9.08. The molecule has 0 saturated carbocycles. The van der Waals surface area contributed by atoms with E-state index in [1.807, 2.05) is 6.07 Å². The SMILES string of the molecule is NC(=S)c1ccc(Br)cc1OCc1ccccc1F. The molecule has 19 heavy (non-hydrogen) atoms. The van der Waals surface area contributed by atoms with Crippen molar-refractivity contribution in [3.63, 3.8) is 0 Å². The van der Waals surface area contributed by atoms with Crippen LogP contribution >= 0.6 is 28.1 Å². The predicted octanol–water partition coefficient (Wildman–Crippen LogP) is 3.80. The van der Waals surface area contributed by atoms with Crippen molar-refractivity contribution in [3.05, 3.63) is 63.9 Å². The van der Waals surface area contributed by atoms with Gasteiger partial charge in [0.2, 0.25) is 0 Å². The van der Waals surface area contributed by atoms with Crippen molar-refractivity contribution in [2.24, 2.45) is 5.73 Å². The Morgan fingerprint density at radius 2 is 2.00 bits per heavy atom. The second-order valence-corrected chi connectivity index (χ2v) is 5.24. The molecule has 0 radical (unpaired) electrons. The Morgan fingerprint density at radius 1 is 1.26 bits per heavy atom. The van der Waals surface area contributed by atoms with E-state index in [0.717, 1.165) is 4.47 Å². The molecule has 2 aromatic rings. The van der Waals surface area contributed by atoms with Gasteiger partial charge in [0.25, 0.3) is 0 Å². The Bertz CT molecular complexity index is 618. The molecule has 0 aliphatic heterocycles. The summed E-state index contributed by atoms with van der Waals surface area (Å²) >= 11 is 8.31. The molecule has 0 heterocycles. The topological polar surface area (TPSA) is 35.2 Å². The normalized spacial score (nSPS) is 10.2. The van der Waals surface area contributed by atoms with E-state index in [9.17, 15) is 4.39 Å². The Hall–Kier alpha value is -1.46. The maximum atomic E-state index is 13.5. The highest BCUT2D eigenvalue weighted by atomic mass is 79.9. The maximum Gasteiger partial charge on any atom is 0.131 e. The summed E-state index contributed by atoms with van der Waals surface area (Å²) in [5, 5.41) is 0. The van der Waals surface area contributed by atoms with Gasteiger partial charge in [-0.3, -0.25) is 0 Å². The van der Waals surface area contributed by atoms with Gasteiger partial charge >= 0.3 is 0 Å². The number of hydrogen-bond donors (Lipinski definition) is 1. The molecule has 2 aromatic carbocycles. The van der Waals surface area contributed by atoms with Gasteiger partial charge in [0, 0.05) is 10.0 Å². The lowest BCUT2D eigenvalue weighted by molar-refractivity contribution is 0.299. The summed E-state index contributed by atoms with van der Waals surface area (Å²) in [6, 6.07) is 11.8. The number of rotatable bonds is 4. The second kappa shape index (κ2) is 6.12. The second-order valence-electron chi connectivity index (χ2n) is 3.88. The highest BCUT2D eigenvalue weighted by Gasteiger charge is 2.09. The zero-order valence-corrected chi connectivity index (χ0v) is 12.3. The lowest BCUT2D eigenvalue weighted by Crippen LogP contribution is -2.12. The highest BCUT2D eigenvalue weighted by molar-refractivity contribution is 9.10. The fraction of sp³-hybridized carbons (Fsp3) is 0.0714. The smallest absolute Gasteiger partial charge is 0.131 e. The van der Waals surface area contributed by atoms with Gasteiger partial charge in [-0.05, 0) is 24.3 Å². The molecule has 2 rings (SSSR count). The number of ether oxygens (including phenoxy) is 1. The van der Waals surface area contributed by atoms with E-state index in [1.54, 1.807) is 30.3 Å². The van der Waals surface area contributed by atoms with Gasteiger partial charge in [0.15, 0.2) is 0 Å². The zero-order chi connectivity index (χ0) is 13.8.